The number of hydrogen-bond acceptors (Lipinski definition) is 3. The SMILES string of the molecule is CCOC(=O)[C@H](N)c1ccc(Cl)cc1.Cl. The Morgan fingerprint density at radius 2 is 2.00 bits per heavy atom. The van der Waals surface area contributed by atoms with Gasteiger partial charge >= 0.3 is 5.97 Å². The van der Waals surface area contributed by atoms with Gasteiger partial charge in [-0.1, -0.05) is 23.7 Å². The minimum atomic E-state index is -0.729. The summed E-state index contributed by atoms with van der Waals surface area (Å²) in [5.74, 6) is -0.421. The Kier molecular flexibility index (Phi) is 6.32. The summed E-state index contributed by atoms with van der Waals surface area (Å²) in [6.45, 7) is 2.08. The normalized spacial score (nSPS) is 11.4. The monoisotopic (exact) mass is 249 g/mol. The first kappa shape index (κ1) is 14.2. The molecule has 0 heterocycles. The third-order valence-electron chi connectivity index (χ3n) is 1.77. The number of hydrogen-bond donors (Lipinski definition) is 1. The van der Waals surface area contributed by atoms with Crippen LogP contribution in [0.5, 0.6) is 0 Å². The lowest BCUT2D eigenvalue weighted by molar-refractivity contribution is -0.144. The first-order valence-corrected chi connectivity index (χ1v) is 4.70. The van der Waals surface area contributed by atoms with Gasteiger partial charge in [0.1, 0.15) is 6.04 Å². The molecule has 0 radical (unpaired) electrons. The second kappa shape index (κ2) is 6.67. The van der Waals surface area contributed by atoms with E-state index in [-0.39, 0.29) is 12.4 Å². The molecule has 1 rings (SSSR count). The molecule has 0 bridgehead atoms. The van der Waals surface area contributed by atoms with Crippen molar-refractivity contribution in [3.05, 3.63) is 34.9 Å². The van der Waals surface area contributed by atoms with Crippen molar-refractivity contribution < 1.29 is 9.53 Å². The van der Waals surface area contributed by atoms with Crippen LogP contribution in [0.1, 0.15) is 18.5 Å². The zero-order chi connectivity index (χ0) is 10.6. The summed E-state index contributed by atoms with van der Waals surface area (Å²) in [4.78, 5) is 11.2. The van der Waals surface area contributed by atoms with E-state index in [1.165, 1.54) is 0 Å². The molecule has 0 saturated heterocycles. The van der Waals surface area contributed by atoms with Crippen LogP contribution in [0.4, 0.5) is 0 Å². The summed E-state index contributed by atoms with van der Waals surface area (Å²) in [5.41, 5.74) is 6.36. The predicted octanol–water partition coefficient (Wildman–Crippen LogP) is 2.32. The molecule has 2 N–H and O–H groups in total. The van der Waals surface area contributed by atoms with Crippen LogP contribution >= 0.6 is 24.0 Å². The van der Waals surface area contributed by atoms with Gasteiger partial charge in [0.2, 0.25) is 0 Å². The molecule has 3 nitrogen and oxygen atoms in total. The number of carbonyl (C=O) groups is 1. The van der Waals surface area contributed by atoms with Gasteiger partial charge in [0.05, 0.1) is 6.61 Å². The Balaban J connectivity index is 0.00000196. The van der Waals surface area contributed by atoms with Gasteiger partial charge in [0.25, 0.3) is 0 Å². The fraction of sp³-hybridized carbons (Fsp3) is 0.300. The van der Waals surface area contributed by atoms with Gasteiger partial charge in [-0.05, 0) is 24.6 Å². The maximum absolute atomic E-state index is 11.2. The summed E-state index contributed by atoms with van der Waals surface area (Å²) in [6.07, 6.45) is 0. The van der Waals surface area contributed by atoms with Crippen molar-refractivity contribution in [3.8, 4) is 0 Å². The van der Waals surface area contributed by atoms with Crippen molar-refractivity contribution in [1.82, 2.24) is 0 Å². The lowest BCUT2D eigenvalue weighted by Gasteiger charge is -2.10. The fourth-order valence-corrected chi connectivity index (χ4v) is 1.16. The van der Waals surface area contributed by atoms with Gasteiger partial charge in [-0.15, -0.1) is 12.4 Å². The Morgan fingerprint density at radius 1 is 1.47 bits per heavy atom. The van der Waals surface area contributed by atoms with E-state index in [4.69, 9.17) is 22.1 Å². The third kappa shape index (κ3) is 4.08. The number of rotatable bonds is 3. The van der Waals surface area contributed by atoms with Crippen LogP contribution in [0, 0.1) is 0 Å². The zero-order valence-corrected chi connectivity index (χ0v) is 9.85. The molecule has 1 aromatic carbocycles. The molecule has 0 fully saturated rings. The average molecular weight is 250 g/mol. The van der Waals surface area contributed by atoms with Gasteiger partial charge in [-0.2, -0.15) is 0 Å². The van der Waals surface area contributed by atoms with E-state index in [9.17, 15) is 4.79 Å². The number of carbonyl (C=O) groups excluding carboxylic acids is 1. The molecular formula is C10H13Cl2NO2. The molecule has 84 valence electrons. The minimum Gasteiger partial charge on any atom is -0.465 e. The molecule has 0 aliphatic heterocycles. The van der Waals surface area contributed by atoms with Crippen LogP contribution < -0.4 is 5.73 Å². The Bertz CT molecular complexity index is 314. The fourth-order valence-electron chi connectivity index (χ4n) is 1.04. The predicted molar refractivity (Wildman–Crippen MR) is 62.3 cm³/mol. The van der Waals surface area contributed by atoms with Crippen LogP contribution in [0.15, 0.2) is 24.3 Å². The largest absolute Gasteiger partial charge is 0.465 e. The van der Waals surface area contributed by atoms with Crippen LogP contribution in [0.3, 0.4) is 0 Å². The lowest BCUT2D eigenvalue weighted by atomic mass is 10.1. The summed E-state index contributed by atoms with van der Waals surface area (Å²) in [6, 6.07) is 6.08. The molecule has 5 heteroatoms. The first-order chi connectivity index (χ1) is 6.65. The van der Waals surface area contributed by atoms with Crippen molar-refractivity contribution in [2.75, 3.05) is 6.61 Å². The number of halogens is 2. The van der Waals surface area contributed by atoms with Crippen LogP contribution in [-0.4, -0.2) is 12.6 Å². The summed E-state index contributed by atoms with van der Waals surface area (Å²) in [7, 11) is 0. The Labute approximate surface area is 100.0 Å². The van der Waals surface area contributed by atoms with Gasteiger partial charge in [-0.25, -0.2) is 4.79 Å². The first-order valence-electron chi connectivity index (χ1n) is 4.33. The maximum atomic E-state index is 11.2. The number of nitrogens with two attached hydrogens (primary N) is 1. The van der Waals surface area contributed by atoms with E-state index >= 15 is 0 Å². The minimum absolute atomic E-state index is 0. The highest BCUT2D eigenvalue weighted by Crippen LogP contribution is 2.15. The van der Waals surface area contributed by atoms with Crippen LogP contribution in [0.2, 0.25) is 5.02 Å². The van der Waals surface area contributed by atoms with E-state index < -0.39 is 12.0 Å². The average Bonchev–Trinajstić information content (AvgIpc) is 2.18. The quantitative estimate of drug-likeness (QED) is 0.837. The van der Waals surface area contributed by atoms with E-state index in [0.717, 1.165) is 0 Å². The molecular weight excluding hydrogens is 237 g/mol. The summed E-state index contributed by atoms with van der Waals surface area (Å²) >= 11 is 5.70. The van der Waals surface area contributed by atoms with Crippen molar-refractivity contribution >= 4 is 30.0 Å². The van der Waals surface area contributed by atoms with Gasteiger partial charge in [0, 0.05) is 5.02 Å². The summed E-state index contributed by atoms with van der Waals surface area (Å²) in [5, 5.41) is 0.616. The van der Waals surface area contributed by atoms with Crippen molar-refractivity contribution in [1.29, 1.82) is 0 Å². The number of benzene rings is 1. The molecule has 0 aromatic heterocycles. The highest BCUT2D eigenvalue weighted by Gasteiger charge is 2.16. The van der Waals surface area contributed by atoms with Crippen molar-refractivity contribution in [2.45, 2.75) is 13.0 Å². The van der Waals surface area contributed by atoms with Crippen molar-refractivity contribution in [2.24, 2.45) is 5.73 Å². The molecule has 0 aliphatic rings. The van der Waals surface area contributed by atoms with E-state index in [0.29, 0.717) is 17.2 Å². The van der Waals surface area contributed by atoms with Gasteiger partial charge in [-0.3, -0.25) is 0 Å². The third-order valence-corrected chi connectivity index (χ3v) is 2.02. The van der Waals surface area contributed by atoms with E-state index in [1.807, 2.05) is 0 Å². The number of ether oxygens (including phenoxy) is 1. The number of esters is 1. The Hall–Kier alpha value is -0.770. The topological polar surface area (TPSA) is 52.3 Å². The molecule has 0 aliphatic carbocycles. The molecule has 0 spiro atoms. The van der Waals surface area contributed by atoms with E-state index in [2.05, 4.69) is 0 Å². The highest BCUT2D eigenvalue weighted by atomic mass is 35.5. The van der Waals surface area contributed by atoms with Crippen LogP contribution in [-0.2, 0) is 9.53 Å². The molecule has 0 amide bonds. The highest BCUT2D eigenvalue weighted by molar-refractivity contribution is 6.30. The van der Waals surface area contributed by atoms with Crippen molar-refractivity contribution in [3.63, 3.8) is 0 Å². The second-order valence-corrected chi connectivity index (χ2v) is 3.22. The molecule has 1 aromatic rings. The smallest absolute Gasteiger partial charge is 0.327 e. The molecule has 0 saturated carbocycles. The molecule has 0 unspecified atom stereocenters. The zero-order valence-electron chi connectivity index (χ0n) is 8.27. The lowest BCUT2D eigenvalue weighted by Crippen LogP contribution is -2.23. The Morgan fingerprint density at radius 3 is 2.47 bits per heavy atom. The maximum Gasteiger partial charge on any atom is 0.327 e. The standard InChI is InChI=1S/C10H12ClNO2.ClH/c1-2-14-10(13)9(12)7-3-5-8(11)6-4-7;/h3-6,9H,2,12H2,1H3;1H/t9-;/m1./s1. The van der Waals surface area contributed by atoms with E-state index in [1.54, 1.807) is 31.2 Å². The summed E-state index contributed by atoms with van der Waals surface area (Å²) < 4.78 is 4.79. The van der Waals surface area contributed by atoms with Crippen LogP contribution in [0.25, 0.3) is 0 Å². The molecule has 1 atom stereocenters. The molecule has 15 heavy (non-hydrogen) atoms. The second-order valence-electron chi connectivity index (χ2n) is 2.78. The van der Waals surface area contributed by atoms with Gasteiger partial charge in [0.15, 0.2) is 0 Å². The van der Waals surface area contributed by atoms with Gasteiger partial charge < -0.3 is 10.5 Å².